The molecular weight excluding hydrogens is 211 g/mol. The van der Waals surface area contributed by atoms with Crippen molar-refractivity contribution in [2.24, 2.45) is 5.92 Å². The third kappa shape index (κ3) is 2.22. The first kappa shape index (κ1) is 12.6. The van der Waals surface area contributed by atoms with E-state index in [-0.39, 0.29) is 6.42 Å². The molecule has 2 unspecified atom stereocenters. The molecule has 4 heteroatoms. The standard InChI is InChI=1S/C12H15FO3/c1-3-12(16,8(2)11(14)15)9-4-6-10(13)7-5-9/h4-8,16H,3H2,1-2H3,(H,14,15). The summed E-state index contributed by atoms with van der Waals surface area (Å²) >= 11 is 0. The Labute approximate surface area is 93.5 Å². The van der Waals surface area contributed by atoms with Gasteiger partial charge >= 0.3 is 5.97 Å². The van der Waals surface area contributed by atoms with E-state index >= 15 is 0 Å². The van der Waals surface area contributed by atoms with E-state index in [9.17, 15) is 14.3 Å². The van der Waals surface area contributed by atoms with Crippen molar-refractivity contribution in [1.82, 2.24) is 0 Å². The van der Waals surface area contributed by atoms with Crippen LogP contribution in [-0.4, -0.2) is 16.2 Å². The second-order valence-electron chi connectivity index (χ2n) is 3.84. The summed E-state index contributed by atoms with van der Waals surface area (Å²) in [5.74, 6) is -2.43. The summed E-state index contributed by atoms with van der Waals surface area (Å²) in [6.45, 7) is 3.14. The largest absolute Gasteiger partial charge is 0.481 e. The topological polar surface area (TPSA) is 57.5 Å². The number of benzene rings is 1. The minimum absolute atomic E-state index is 0.256. The number of halogens is 1. The zero-order valence-electron chi connectivity index (χ0n) is 9.27. The van der Waals surface area contributed by atoms with Gasteiger partial charge in [-0.05, 0) is 31.0 Å². The lowest BCUT2D eigenvalue weighted by Gasteiger charge is -2.31. The van der Waals surface area contributed by atoms with Gasteiger partial charge in [0.05, 0.1) is 5.92 Å². The molecule has 88 valence electrons. The van der Waals surface area contributed by atoms with Crippen molar-refractivity contribution in [2.45, 2.75) is 25.9 Å². The average Bonchev–Trinajstić information content (AvgIpc) is 2.27. The fourth-order valence-electron chi connectivity index (χ4n) is 1.70. The first-order chi connectivity index (χ1) is 7.41. The van der Waals surface area contributed by atoms with Crippen LogP contribution < -0.4 is 0 Å². The van der Waals surface area contributed by atoms with Gasteiger partial charge < -0.3 is 10.2 Å². The molecule has 1 aromatic rings. The number of carboxylic acids is 1. The average molecular weight is 226 g/mol. The van der Waals surface area contributed by atoms with E-state index in [1.54, 1.807) is 6.92 Å². The van der Waals surface area contributed by atoms with E-state index in [0.29, 0.717) is 5.56 Å². The molecule has 3 nitrogen and oxygen atoms in total. The Hall–Kier alpha value is -1.42. The Morgan fingerprint density at radius 1 is 1.44 bits per heavy atom. The van der Waals surface area contributed by atoms with Crippen molar-refractivity contribution >= 4 is 5.97 Å². The van der Waals surface area contributed by atoms with Gasteiger partial charge in [0.1, 0.15) is 11.4 Å². The third-order valence-corrected chi connectivity index (χ3v) is 2.97. The lowest BCUT2D eigenvalue weighted by Crippen LogP contribution is -2.37. The lowest BCUT2D eigenvalue weighted by molar-refractivity contribution is -0.152. The molecule has 0 aliphatic rings. The maximum Gasteiger partial charge on any atom is 0.309 e. The van der Waals surface area contributed by atoms with Crippen molar-refractivity contribution in [3.05, 3.63) is 35.6 Å². The zero-order valence-corrected chi connectivity index (χ0v) is 9.27. The number of carbonyl (C=O) groups is 1. The molecule has 1 rings (SSSR count). The molecule has 0 heterocycles. The van der Waals surface area contributed by atoms with Crippen LogP contribution in [0.4, 0.5) is 4.39 Å². The summed E-state index contributed by atoms with van der Waals surface area (Å²) in [6.07, 6.45) is 0.256. The van der Waals surface area contributed by atoms with Gasteiger partial charge in [-0.25, -0.2) is 4.39 Å². The predicted octanol–water partition coefficient (Wildman–Crippen LogP) is 2.14. The van der Waals surface area contributed by atoms with Crippen LogP contribution >= 0.6 is 0 Å². The SMILES string of the molecule is CCC(O)(c1ccc(F)cc1)C(C)C(=O)O. The van der Waals surface area contributed by atoms with Crippen molar-refractivity contribution in [1.29, 1.82) is 0 Å². The molecule has 1 aromatic carbocycles. The summed E-state index contributed by atoms with van der Waals surface area (Å²) in [7, 11) is 0. The molecule has 0 fully saturated rings. The van der Waals surface area contributed by atoms with Crippen LogP contribution in [0.1, 0.15) is 25.8 Å². The van der Waals surface area contributed by atoms with Crippen LogP contribution in [0, 0.1) is 11.7 Å². The number of hydrogen-bond donors (Lipinski definition) is 2. The number of aliphatic hydroxyl groups is 1. The number of rotatable bonds is 4. The highest BCUT2D eigenvalue weighted by atomic mass is 19.1. The summed E-state index contributed by atoms with van der Waals surface area (Å²) < 4.78 is 12.7. The molecule has 0 aromatic heterocycles. The van der Waals surface area contributed by atoms with Gasteiger partial charge in [0, 0.05) is 0 Å². The van der Waals surface area contributed by atoms with Crippen molar-refractivity contribution in [3.8, 4) is 0 Å². The molecule has 0 radical (unpaired) electrons. The summed E-state index contributed by atoms with van der Waals surface area (Å²) in [4.78, 5) is 10.9. The third-order valence-electron chi connectivity index (χ3n) is 2.97. The Balaban J connectivity index is 3.14. The molecule has 0 aliphatic carbocycles. The highest BCUT2D eigenvalue weighted by Gasteiger charge is 2.38. The second-order valence-corrected chi connectivity index (χ2v) is 3.84. The first-order valence-corrected chi connectivity index (χ1v) is 5.13. The fourth-order valence-corrected chi connectivity index (χ4v) is 1.70. The van der Waals surface area contributed by atoms with Crippen LogP contribution in [0.25, 0.3) is 0 Å². The molecule has 16 heavy (non-hydrogen) atoms. The Morgan fingerprint density at radius 2 is 1.94 bits per heavy atom. The molecule has 0 saturated heterocycles. The van der Waals surface area contributed by atoms with Gasteiger partial charge in [-0.2, -0.15) is 0 Å². The van der Waals surface area contributed by atoms with Crippen molar-refractivity contribution < 1.29 is 19.4 Å². The van der Waals surface area contributed by atoms with Crippen molar-refractivity contribution in [3.63, 3.8) is 0 Å². The predicted molar refractivity (Wildman–Crippen MR) is 57.4 cm³/mol. The maximum absolute atomic E-state index is 12.7. The molecule has 0 saturated carbocycles. The van der Waals surface area contributed by atoms with Gasteiger partial charge in [0.2, 0.25) is 0 Å². The summed E-state index contributed by atoms with van der Waals surface area (Å²) in [5.41, 5.74) is -1.04. The maximum atomic E-state index is 12.7. The van der Waals surface area contributed by atoms with Gasteiger partial charge in [0.25, 0.3) is 0 Å². The molecule has 0 bridgehead atoms. The second kappa shape index (κ2) is 4.61. The normalized spacial score (nSPS) is 16.5. The summed E-state index contributed by atoms with van der Waals surface area (Å²) in [6, 6.07) is 5.26. The van der Waals surface area contributed by atoms with E-state index in [2.05, 4.69) is 0 Å². The van der Waals surface area contributed by atoms with Crippen LogP contribution in [0.5, 0.6) is 0 Å². The summed E-state index contributed by atoms with van der Waals surface area (Å²) in [5, 5.41) is 19.2. The zero-order chi connectivity index (χ0) is 12.3. The van der Waals surface area contributed by atoms with Crippen LogP contribution in [-0.2, 0) is 10.4 Å². The molecule has 0 spiro atoms. The highest BCUT2D eigenvalue weighted by Crippen LogP contribution is 2.33. The molecule has 0 aliphatic heterocycles. The first-order valence-electron chi connectivity index (χ1n) is 5.13. The van der Waals surface area contributed by atoms with Gasteiger partial charge in [0.15, 0.2) is 0 Å². The monoisotopic (exact) mass is 226 g/mol. The van der Waals surface area contributed by atoms with Crippen LogP contribution in [0.2, 0.25) is 0 Å². The van der Waals surface area contributed by atoms with Crippen molar-refractivity contribution in [2.75, 3.05) is 0 Å². The Morgan fingerprint density at radius 3 is 2.31 bits per heavy atom. The molecule has 2 atom stereocenters. The van der Waals surface area contributed by atoms with Gasteiger partial charge in [-0.3, -0.25) is 4.79 Å². The number of aliphatic carboxylic acids is 1. The molecule has 0 amide bonds. The van der Waals surface area contributed by atoms with Gasteiger partial charge in [-0.1, -0.05) is 19.1 Å². The Kier molecular flexibility index (Phi) is 3.65. The minimum atomic E-state index is -1.46. The fraction of sp³-hybridized carbons (Fsp3) is 0.417. The van der Waals surface area contributed by atoms with Gasteiger partial charge in [-0.15, -0.1) is 0 Å². The van der Waals surface area contributed by atoms with E-state index in [1.165, 1.54) is 31.2 Å². The number of hydrogen-bond acceptors (Lipinski definition) is 2. The van der Waals surface area contributed by atoms with Crippen LogP contribution in [0.15, 0.2) is 24.3 Å². The lowest BCUT2D eigenvalue weighted by atomic mass is 9.80. The molecule has 2 N–H and O–H groups in total. The van der Waals surface area contributed by atoms with E-state index in [0.717, 1.165) is 0 Å². The van der Waals surface area contributed by atoms with E-state index in [4.69, 9.17) is 5.11 Å². The number of carboxylic acid groups (broad SMARTS) is 1. The van der Waals surface area contributed by atoms with Crippen LogP contribution in [0.3, 0.4) is 0 Å². The smallest absolute Gasteiger partial charge is 0.309 e. The van der Waals surface area contributed by atoms with E-state index in [1.807, 2.05) is 0 Å². The van der Waals surface area contributed by atoms with E-state index < -0.39 is 23.3 Å². The quantitative estimate of drug-likeness (QED) is 0.827. The Bertz CT molecular complexity index is 374. The highest BCUT2D eigenvalue weighted by molar-refractivity contribution is 5.71. The minimum Gasteiger partial charge on any atom is -0.481 e. The molecular formula is C12H15FO3.